The maximum absolute atomic E-state index is 5.45. The van der Waals surface area contributed by atoms with Crippen molar-refractivity contribution in [2.45, 2.75) is 26.9 Å². The molecule has 0 saturated heterocycles. The van der Waals surface area contributed by atoms with Gasteiger partial charge in [0.05, 0.1) is 6.54 Å². The molecule has 5 heteroatoms. The number of nitrogens with zero attached hydrogens (tertiary/aromatic N) is 3. The first-order chi connectivity index (χ1) is 7.75. The van der Waals surface area contributed by atoms with Crippen molar-refractivity contribution in [1.82, 2.24) is 20.1 Å². The predicted molar refractivity (Wildman–Crippen MR) is 59.9 cm³/mol. The van der Waals surface area contributed by atoms with E-state index in [-0.39, 0.29) is 0 Å². The standard InChI is InChI=1S/C11H16N4O/c1-9-5-11(10(2)16-9)6-12-3-4-15-8-13-7-14-15/h5,7-8,12H,3-4,6H2,1-2H3. The molecule has 0 saturated carbocycles. The molecular weight excluding hydrogens is 204 g/mol. The van der Waals surface area contributed by atoms with Gasteiger partial charge in [-0.1, -0.05) is 0 Å². The smallest absolute Gasteiger partial charge is 0.137 e. The van der Waals surface area contributed by atoms with E-state index in [1.807, 2.05) is 13.8 Å². The first-order valence-electron chi connectivity index (χ1n) is 5.35. The van der Waals surface area contributed by atoms with Crippen LogP contribution in [-0.4, -0.2) is 21.3 Å². The Morgan fingerprint density at radius 1 is 1.44 bits per heavy atom. The lowest BCUT2D eigenvalue weighted by atomic mass is 10.2. The highest BCUT2D eigenvalue weighted by Gasteiger charge is 2.03. The van der Waals surface area contributed by atoms with Crippen LogP contribution in [0.5, 0.6) is 0 Å². The van der Waals surface area contributed by atoms with Gasteiger partial charge in [0.1, 0.15) is 24.2 Å². The molecule has 0 bridgehead atoms. The molecule has 0 atom stereocenters. The van der Waals surface area contributed by atoms with E-state index < -0.39 is 0 Å². The molecule has 0 unspecified atom stereocenters. The number of hydrogen-bond acceptors (Lipinski definition) is 4. The molecule has 2 aromatic rings. The number of furan rings is 1. The SMILES string of the molecule is Cc1cc(CNCCn2cncn2)c(C)o1. The molecule has 2 rings (SSSR count). The van der Waals surface area contributed by atoms with E-state index >= 15 is 0 Å². The van der Waals surface area contributed by atoms with Gasteiger partial charge in [-0.15, -0.1) is 0 Å². The second-order valence-corrected chi connectivity index (χ2v) is 3.77. The molecule has 2 heterocycles. The first kappa shape index (κ1) is 10.9. The zero-order chi connectivity index (χ0) is 11.4. The molecule has 0 radical (unpaired) electrons. The van der Waals surface area contributed by atoms with Crippen LogP contribution in [0.2, 0.25) is 0 Å². The Morgan fingerprint density at radius 3 is 2.94 bits per heavy atom. The van der Waals surface area contributed by atoms with Crippen molar-refractivity contribution in [2.75, 3.05) is 6.54 Å². The van der Waals surface area contributed by atoms with Crippen LogP contribution >= 0.6 is 0 Å². The van der Waals surface area contributed by atoms with Crippen LogP contribution in [0.4, 0.5) is 0 Å². The van der Waals surface area contributed by atoms with Crippen LogP contribution in [0.25, 0.3) is 0 Å². The van der Waals surface area contributed by atoms with Crippen LogP contribution in [-0.2, 0) is 13.1 Å². The van der Waals surface area contributed by atoms with Crippen molar-refractivity contribution >= 4 is 0 Å². The molecule has 2 aromatic heterocycles. The lowest BCUT2D eigenvalue weighted by molar-refractivity contribution is 0.496. The molecule has 0 aliphatic rings. The number of nitrogens with one attached hydrogen (secondary N) is 1. The molecule has 0 spiro atoms. The van der Waals surface area contributed by atoms with E-state index in [4.69, 9.17) is 4.42 Å². The summed E-state index contributed by atoms with van der Waals surface area (Å²) in [6.45, 7) is 6.48. The quantitative estimate of drug-likeness (QED) is 0.771. The van der Waals surface area contributed by atoms with E-state index in [2.05, 4.69) is 21.5 Å². The van der Waals surface area contributed by atoms with Crippen molar-refractivity contribution in [3.05, 3.63) is 35.8 Å². The summed E-state index contributed by atoms with van der Waals surface area (Å²) in [5.41, 5.74) is 1.22. The van der Waals surface area contributed by atoms with Crippen molar-refractivity contribution in [3.63, 3.8) is 0 Å². The summed E-state index contributed by atoms with van der Waals surface area (Å²) < 4.78 is 7.26. The average Bonchev–Trinajstić information content (AvgIpc) is 2.84. The van der Waals surface area contributed by atoms with Gasteiger partial charge in [0.2, 0.25) is 0 Å². The minimum Gasteiger partial charge on any atom is -0.466 e. The Morgan fingerprint density at radius 2 is 2.31 bits per heavy atom. The van der Waals surface area contributed by atoms with Crippen LogP contribution in [0, 0.1) is 13.8 Å². The van der Waals surface area contributed by atoms with Crippen LogP contribution in [0.1, 0.15) is 17.1 Å². The predicted octanol–water partition coefficient (Wildman–Crippen LogP) is 1.28. The van der Waals surface area contributed by atoms with Crippen LogP contribution < -0.4 is 5.32 Å². The van der Waals surface area contributed by atoms with Gasteiger partial charge < -0.3 is 9.73 Å². The van der Waals surface area contributed by atoms with Gasteiger partial charge in [0, 0.05) is 18.7 Å². The van der Waals surface area contributed by atoms with E-state index in [0.717, 1.165) is 31.2 Å². The van der Waals surface area contributed by atoms with Gasteiger partial charge in [0.15, 0.2) is 0 Å². The third-order valence-electron chi connectivity index (χ3n) is 2.44. The highest BCUT2D eigenvalue weighted by molar-refractivity contribution is 5.19. The second kappa shape index (κ2) is 4.94. The fraction of sp³-hybridized carbons (Fsp3) is 0.455. The normalized spacial score (nSPS) is 10.9. The fourth-order valence-corrected chi connectivity index (χ4v) is 1.62. The van der Waals surface area contributed by atoms with Gasteiger partial charge in [-0.25, -0.2) is 4.98 Å². The molecular formula is C11H16N4O. The van der Waals surface area contributed by atoms with Crippen LogP contribution in [0.15, 0.2) is 23.1 Å². The Bertz CT molecular complexity index is 433. The first-order valence-corrected chi connectivity index (χ1v) is 5.35. The lowest BCUT2D eigenvalue weighted by Crippen LogP contribution is -2.19. The topological polar surface area (TPSA) is 55.9 Å². The molecule has 0 fully saturated rings. The number of hydrogen-bond donors (Lipinski definition) is 1. The van der Waals surface area contributed by atoms with E-state index in [9.17, 15) is 0 Å². The molecule has 5 nitrogen and oxygen atoms in total. The van der Waals surface area contributed by atoms with E-state index in [1.165, 1.54) is 5.56 Å². The molecule has 0 amide bonds. The lowest BCUT2D eigenvalue weighted by Gasteiger charge is -2.03. The van der Waals surface area contributed by atoms with Gasteiger partial charge >= 0.3 is 0 Å². The van der Waals surface area contributed by atoms with E-state index in [1.54, 1.807) is 17.3 Å². The summed E-state index contributed by atoms with van der Waals surface area (Å²) in [7, 11) is 0. The zero-order valence-electron chi connectivity index (χ0n) is 9.60. The molecule has 0 aliphatic heterocycles. The summed E-state index contributed by atoms with van der Waals surface area (Å²) in [6, 6.07) is 2.07. The monoisotopic (exact) mass is 220 g/mol. The summed E-state index contributed by atoms with van der Waals surface area (Å²) in [4.78, 5) is 3.89. The summed E-state index contributed by atoms with van der Waals surface area (Å²) in [5.74, 6) is 1.95. The summed E-state index contributed by atoms with van der Waals surface area (Å²) in [5, 5.41) is 7.38. The van der Waals surface area contributed by atoms with Gasteiger partial charge in [-0.3, -0.25) is 4.68 Å². The molecule has 0 aliphatic carbocycles. The van der Waals surface area contributed by atoms with Crippen molar-refractivity contribution < 1.29 is 4.42 Å². The molecule has 0 aromatic carbocycles. The number of aromatic nitrogens is 3. The van der Waals surface area contributed by atoms with Crippen molar-refractivity contribution in [1.29, 1.82) is 0 Å². The largest absolute Gasteiger partial charge is 0.466 e. The van der Waals surface area contributed by atoms with Crippen molar-refractivity contribution in [2.24, 2.45) is 0 Å². The van der Waals surface area contributed by atoms with Crippen molar-refractivity contribution in [3.8, 4) is 0 Å². The third kappa shape index (κ3) is 2.70. The Kier molecular flexibility index (Phi) is 3.36. The fourth-order valence-electron chi connectivity index (χ4n) is 1.62. The minimum absolute atomic E-state index is 0.829. The van der Waals surface area contributed by atoms with Gasteiger partial charge in [-0.05, 0) is 19.9 Å². The third-order valence-corrected chi connectivity index (χ3v) is 2.44. The highest BCUT2D eigenvalue weighted by atomic mass is 16.3. The van der Waals surface area contributed by atoms with Gasteiger partial charge in [-0.2, -0.15) is 5.10 Å². The minimum atomic E-state index is 0.829. The number of aryl methyl sites for hydroxylation is 2. The molecule has 1 N–H and O–H groups in total. The zero-order valence-corrected chi connectivity index (χ0v) is 9.60. The van der Waals surface area contributed by atoms with E-state index in [0.29, 0.717) is 0 Å². The maximum atomic E-state index is 5.45. The summed E-state index contributed by atoms with van der Waals surface area (Å²) in [6.07, 6.45) is 3.26. The summed E-state index contributed by atoms with van der Waals surface area (Å²) >= 11 is 0. The average molecular weight is 220 g/mol. The van der Waals surface area contributed by atoms with Gasteiger partial charge in [0.25, 0.3) is 0 Å². The Labute approximate surface area is 94.5 Å². The molecule has 86 valence electrons. The number of rotatable bonds is 5. The second-order valence-electron chi connectivity index (χ2n) is 3.77. The highest BCUT2D eigenvalue weighted by Crippen LogP contribution is 2.12. The maximum Gasteiger partial charge on any atom is 0.137 e. The van der Waals surface area contributed by atoms with Crippen LogP contribution in [0.3, 0.4) is 0 Å². The Balaban J connectivity index is 1.74. The molecule has 16 heavy (non-hydrogen) atoms. The Hall–Kier alpha value is -1.62.